The first kappa shape index (κ1) is 16.1. The quantitative estimate of drug-likeness (QED) is 0.869. The topological polar surface area (TPSA) is 46.5 Å². The molecule has 3 heteroatoms. The Balaban J connectivity index is 2.02. The van der Waals surface area contributed by atoms with Gasteiger partial charge in [0.1, 0.15) is 12.4 Å². The number of carbonyl (C=O) groups is 1. The maximum absolute atomic E-state index is 10.6. The zero-order valence-corrected chi connectivity index (χ0v) is 13.3. The van der Waals surface area contributed by atoms with Crippen LogP contribution in [0, 0.1) is 20.8 Å². The summed E-state index contributed by atoms with van der Waals surface area (Å²) >= 11 is 0. The van der Waals surface area contributed by atoms with Gasteiger partial charge in [0.2, 0.25) is 0 Å². The molecule has 0 bridgehead atoms. The molecule has 0 unspecified atom stereocenters. The second-order valence-corrected chi connectivity index (χ2v) is 5.78. The van der Waals surface area contributed by atoms with Gasteiger partial charge in [0, 0.05) is 6.42 Å². The molecule has 0 fully saturated rings. The highest BCUT2D eigenvalue weighted by atomic mass is 16.5. The molecule has 116 valence electrons. The highest BCUT2D eigenvalue weighted by Gasteiger charge is 2.05. The molecule has 0 saturated carbocycles. The number of aryl methyl sites for hydroxylation is 4. The van der Waals surface area contributed by atoms with Crippen LogP contribution in [0.2, 0.25) is 0 Å². The van der Waals surface area contributed by atoms with E-state index in [1.807, 2.05) is 25.1 Å². The van der Waals surface area contributed by atoms with Crippen molar-refractivity contribution in [3.8, 4) is 5.75 Å². The molecule has 2 aromatic carbocycles. The number of rotatable bonds is 6. The average Bonchev–Trinajstić information content (AvgIpc) is 2.43. The highest BCUT2D eigenvalue weighted by Crippen LogP contribution is 2.21. The molecule has 2 aromatic rings. The van der Waals surface area contributed by atoms with Crippen LogP contribution in [-0.4, -0.2) is 11.1 Å². The number of carboxylic acid groups (broad SMARTS) is 1. The summed E-state index contributed by atoms with van der Waals surface area (Å²) in [6.07, 6.45) is 0.704. The van der Waals surface area contributed by atoms with Gasteiger partial charge in [0.15, 0.2) is 0 Å². The van der Waals surface area contributed by atoms with Crippen molar-refractivity contribution >= 4 is 5.97 Å². The number of ether oxygens (including phenoxy) is 1. The summed E-state index contributed by atoms with van der Waals surface area (Å²) in [6.45, 7) is 6.69. The molecule has 0 amide bonds. The molecule has 0 spiro atoms. The van der Waals surface area contributed by atoms with E-state index in [1.165, 1.54) is 11.1 Å². The summed E-state index contributed by atoms with van der Waals surface area (Å²) in [5, 5.41) is 8.73. The summed E-state index contributed by atoms with van der Waals surface area (Å²) in [5.74, 6) is 0.0750. The molecule has 1 N–H and O–H groups in total. The van der Waals surface area contributed by atoms with Crippen molar-refractivity contribution in [2.45, 2.75) is 40.2 Å². The van der Waals surface area contributed by atoms with Crippen molar-refractivity contribution in [2.24, 2.45) is 0 Å². The fourth-order valence-corrected chi connectivity index (χ4v) is 2.59. The minimum atomic E-state index is -0.771. The molecule has 3 nitrogen and oxygen atoms in total. The highest BCUT2D eigenvalue weighted by molar-refractivity contribution is 5.67. The Labute approximate surface area is 131 Å². The number of carboxylic acids is 1. The number of aliphatic carboxylic acids is 1. The molecular weight excluding hydrogens is 276 g/mol. The Bertz CT molecular complexity index is 654. The van der Waals surface area contributed by atoms with Crippen LogP contribution in [0.3, 0.4) is 0 Å². The Morgan fingerprint density at radius 1 is 1.00 bits per heavy atom. The monoisotopic (exact) mass is 298 g/mol. The summed E-state index contributed by atoms with van der Waals surface area (Å²) < 4.78 is 5.90. The lowest BCUT2D eigenvalue weighted by atomic mass is 10.1. The zero-order chi connectivity index (χ0) is 16.1. The minimum Gasteiger partial charge on any atom is -0.489 e. The standard InChI is InChI=1S/C19H22O3/c1-13-8-14(2)10-17(9-13)12-22-18-6-4-16(11-15(18)3)5-7-19(20)21/h4,6,8-11H,5,7,12H2,1-3H3,(H,20,21). The van der Waals surface area contributed by atoms with E-state index in [-0.39, 0.29) is 6.42 Å². The van der Waals surface area contributed by atoms with E-state index in [0.29, 0.717) is 13.0 Å². The predicted molar refractivity (Wildman–Crippen MR) is 87.4 cm³/mol. The normalized spacial score (nSPS) is 10.5. The molecule has 0 aliphatic rings. The van der Waals surface area contributed by atoms with Gasteiger partial charge < -0.3 is 9.84 Å². The maximum Gasteiger partial charge on any atom is 0.303 e. The summed E-state index contributed by atoms with van der Waals surface area (Å²) in [6, 6.07) is 12.3. The molecule has 0 aliphatic heterocycles. The number of hydrogen-bond donors (Lipinski definition) is 1. The van der Waals surface area contributed by atoms with Gasteiger partial charge in [-0.25, -0.2) is 0 Å². The fourth-order valence-electron chi connectivity index (χ4n) is 2.59. The lowest BCUT2D eigenvalue weighted by Crippen LogP contribution is -2.00. The molecule has 0 aliphatic carbocycles. The van der Waals surface area contributed by atoms with Gasteiger partial charge in [-0.2, -0.15) is 0 Å². The van der Waals surface area contributed by atoms with E-state index >= 15 is 0 Å². The van der Waals surface area contributed by atoms with Gasteiger partial charge in [-0.05, 0) is 49.9 Å². The van der Waals surface area contributed by atoms with Gasteiger partial charge >= 0.3 is 5.97 Å². The van der Waals surface area contributed by atoms with Gasteiger partial charge in [-0.1, -0.05) is 41.5 Å². The molecular formula is C19H22O3. The van der Waals surface area contributed by atoms with Crippen LogP contribution in [0.5, 0.6) is 5.75 Å². The summed E-state index contributed by atoms with van der Waals surface area (Å²) in [7, 11) is 0. The van der Waals surface area contributed by atoms with Crippen molar-refractivity contribution in [1.29, 1.82) is 0 Å². The molecule has 2 rings (SSSR count). The van der Waals surface area contributed by atoms with E-state index in [0.717, 1.165) is 22.4 Å². The van der Waals surface area contributed by atoms with Crippen LogP contribution in [-0.2, 0) is 17.8 Å². The van der Waals surface area contributed by atoms with E-state index in [9.17, 15) is 4.79 Å². The van der Waals surface area contributed by atoms with Crippen LogP contribution in [0.1, 0.15) is 34.2 Å². The minimum absolute atomic E-state index is 0.155. The van der Waals surface area contributed by atoms with Crippen molar-refractivity contribution in [3.63, 3.8) is 0 Å². The lowest BCUT2D eigenvalue weighted by Gasteiger charge is -2.11. The molecule has 0 aromatic heterocycles. The predicted octanol–water partition coefficient (Wildman–Crippen LogP) is 4.21. The van der Waals surface area contributed by atoms with E-state index < -0.39 is 5.97 Å². The molecule has 0 radical (unpaired) electrons. The Morgan fingerprint density at radius 3 is 2.27 bits per heavy atom. The van der Waals surface area contributed by atoms with Gasteiger partial charge in [-0.15, -0.1) is 0 Å². The molecule has 0 atom stereocenters. The molecule has 22 heavy (non-hydrogen) atoms. The fraction of sp³-hybridized carbons (Fsp3) is 0.316. The van der Waals surface area contributed by atoms with Crippen LogP contribution in [0.25, 0.3) is 0 Å². The van der Waals surface area contributed by atoms with Crippen LogP contribution < -0.4 is 4.74 Å². The average molecular weight is 298 g/mol. The second-order valence-electron chi connectivity index (χ2n) is 5.78. The molecule has 0 saturated heterocycles. The van der Waals surface area contributed by atoms with Crippen LogP contribution in [0.15, 0.2) is 36.4 Å². The van der Waals surface area contributed by atoms with Crippen LogP contribution in [0.4, 0.5) is 0 Å². The van der Waals surface area contributed by atoms with Crippen molar-refractivity contribution in [3.05, 3.63) is 64.2 Å². The maximum atomic E-state index is 10.6. The summed E-state index contributed by atoms with van der Waals surface area (Å²) in [4.78, 5) is 10.6. The van der Waals surface area contributed by atoms with Crippen molar-refractivity contribution in [2.75, 3.05) is 0 Å². The van der Waals surface area contributed by atoms with Crippen LogP contribution >= 0.6 is 0 Å². The zero-order valence-electron chi connectivity index (χ0n) is 13.3. The van der Waals surface area contributed by atoms with Gasteiger partial charge in [-0.3, -0.25) is 4.79 Å². The first-order chi connectivity index (χ1) is 10.4. The second kappa shape index (κ2) is 7.12. The first-order valence-corrected chi connectivity index (χ1v) is 7.45. The Hall–Kier alpha value is -2.29. The largest absolute Gasteiger partial charge is 0.489 e. The summed E-state index contributed by atoms with van der Waals surface area (Å²) in [5.41, 5.74) is 5.69. The third-order valence-corrected chi connectivity index (χ3v) is 3.54. The van der Waals surface area contributed by atoms with Gasteiger partial charge in [0.05, 0.1) is 0 Å². The SMILES string of the molecule is Cc1cc(C)cc(COc2ccc(CCC(=O)O)cc2C)c1. The van der Waals surface area contributed by atoms with E-state index in [2.05, 4.69) is 32.0 Å². The van der Waals surface area contributed by atoms with E-state index in [4.69, 9.17) is 9.84 Å². The van der Waals surface area contributed by atoms with Gasteiger partial charge in [0.25, 0.3) is 0 Å². The first-order valence-electron chi connectivity index (χ1n) is 7.45. The molecule has 0 heterocycles. The number of hydrogen-bond acceptors (Lipinski definition) is 2. The van der Waals surface area contributed by atoms with Crippen molar-refractivity contribution < 1.29 is 14.6 Å². The Kier molecular flexibility index (Phi) is 5.21. The third kappa shape index (κ3) is 4.62. The van der Waals surface area contributed by atoms with Crippen molar-refractivity contribution in [1.82, 2.24) is 0 Å². The van der Waals surface area contributed by atoms with E-state index in [1.54, 1.807) is 0 Å². The Morgan fingerprint density at radius 2 is 1.68 bits per heavy atom. The number of benzene rings is 2. The third-order valence-electron chi connectivity index (χ3n) is 3.54. The smallest absolute Gasteiger partial charge is 0.303 e. The lowest BCUT2D eigenvalue weighted by molar-refractivity contribution is -0.136.